The second kappa shape index (κ2) is 7.72. The van der Waals surface area contributed by atoms with Crippen molar-refractivity contribution < 1.29 is 31.2 Å². The van der Waals surface area contributed by atoms with E-state index in [1.165, 1.54) is 37.2 Å². The number of hydrogen-bond donors (Lipinski definition) is 1. The zero-order valence-electron chi connectivity index (χ0n) is 14.3. The summed E-state index contributed by atoms with van der Waals surface area (Å²) in [6.07, 6.45) is 0.350. The lowest BCUT2D eigenvalue weighted by atomic mass is 10.2. The van der Waals surface area contributed by atoms with Gasteiger partial charge in [-0.3, -0.25) is 4.79 Å². The van der Waals surface area contributed by atoms with Crippen LogP contribution in [0.2, 0.25) is 0 Å². The summed E-state index contributed by atoms with van der Waals surface area (Å²) in [5.74, 6) is -1.45. The maximum atomic E-state index is 12.1. The van der Waals surface area contributed by atoms with Gasteiger partial charge in [-0.1, -0.05) is 6.07 Å². The minimum Gasteiger partial charge on any atom is -0.452 e. The predicted molar refractivity (Wildman–Crippen MR) is 92.8 cm³/mol. The van der Waals surface area contributed by atoms with Crippen molar-refractivity contribution >= 4 is 31.7 Å². The minimum absolute atomic E-state index is 0.0137. The molecule has 0 spiro atoms. The van der Waals surface area contributed by atoms with Crippen LogP contribution in [-0.4, -0.2) is 71.9 Å². The molecule has 1 fully saturated rings. The molecule has 0 saturated carbocycles. The number of amides is 1. The molecule has 0 aromatic heterocycles. The van der Waals surface area contributed by atoms with Crippen LogP contribution < -0.4 is 4.72 Å². The van der Waals surface area contributed by atoms with Crippen LogP contribution in [-0.2, 0) is 29.4 Å². The Balaban J connectivity index is 1.98. The Morgan fingerprint density at radius 2 is 2.04 bits per heavy atom. The van der Waals surface area contributed by atoms with Crippen LogP contribution in [0, 0.1) is 0 Å². The highest BCUT2D eigenvalue weighted by Gasteiger charge is 2.33. The van der Waals surface area contributed by atoms with Crippen LogP contribution in [0.25, 0.3) is 0 Å². The summed E-state index contributed by atoms with van der Waals surface area (Å²) < 4.78 is 53.5. The molecule has 0 aliphatic carbocycles. The predicted octanol–water partition coefficient (Wildman–Crippen LogP) is -0.603. The molecule has 1 heterocycles. The third-order valence-corrected chi connectivity index (χ3v) is 7.29. The van der Waals surface area contributed by atoms with Crippen molar-refractivity contribution in [1.29, 1.82) is 0 Å². The highest BCUT2D eigenvalue weighted by atomic mass is 32.2. The number of sulfone groups is 1. The topological polar surface area (TPSA) is 127 Å². The van der Waals surface area contributed by atoms with Gasteiger partial charge in [0.2, 0.25) is 10.0 Å². The molecule has 1 aliphatic rings. The fraction of sp³-hybridized carbons (Fsp3) is 0.467. The Bertz CT molecular complexity index is 910. The van der Waals surface area contributed by atoms with E-state index in [9.17, 15) is 26.4 Å². The number of likely N-dealkylation sites (N-methyl/N-ethyl adjacent to an activating group) is 1. The molecule has 1 atom stereocenters. The Morgan fingerprint density at radius 3 is 2.62 bits per heavy atom. The number of hydrogen-bond acceptors (Lipinski definition) is 7. The van der Waals surface area contributed by atoms with Gasteiger partial charge in [-0.25, -0.2) is 26.4 Å². The van der Waals surface area contributed by atoms with E-state index in [2.05, 4.69) is 4.72 Å². The monoisotopic (exact) mass is 404 g/mol. The molecule has 1 aromatic rings. The Labute approximate surface area is 152 Å². The molecule has 0 radical (unpaired) electrons. The normalized spacial score (nSPS) is 19.1. The van der Waals surface area contributed by atoms with Gasteiger partial charge in [0.15, 0.2) is 16.4 Å². The van der Waals surface area contributed by atoms with Crippen LogP contribution in [0.1, 0.15) is 16.8 Å². The Kier molecular flexibility index (Phi) is 6.04. The molecule has 1 amide bonds. The number of benzene rings is 1. The van der Waals surface area contributed by atoms with Gasteiger partial charge >= 0.3 is 5.97 Å². The van der Waals surface area contributed by atoms with Gasteiger partial charge in [0, 0.05) is 13.1 Å². The first kappa shape index (κ1) is 20.3. The average Bonchev–Trinajstić information content (AvgIpc) is 2.98. The van der Waals surface area contributed by atoms with Crippen LogP contribution in [0.3, 0.4) is 0 Å². The summed E-state index contributed by atoms with van der Waals surface area (Å²) in [4.78, 5) is 25.3. The van der Waals surface area contributed by atoms with Crippen molar-refractivity contribution in [1.82, 2.24) is 9.62 Å². The first-order chi connectivity index (χ1) is 12.1. The van der Waals surface area contributed by atoms with E-state index in [-0.39, 0.29) is 22.0 Å². The highest BCUT2D eigenvalue weighted by Crippen LogP contribution is 2.17. The van der Waals surface area contributed by atoms with Gasteiger partial charge in [0.1, 0.15) is 0 Å². The van der Waals surface area contributed by atoms with Crippen molar-refractivity contribution in [3.8, 4) is 0 Å². The molecule has 1 aromatic carbocycles. The van der Waals surface area contributed by atoms with Crippen molar-refractivity contribution in [2.45, 2.75) is 17.4 Å². The number of ether oxygens (including phenoxy) is 1. The number of esters is 1. The number of nitrogens with one attached hydrogen (secondary N) is 1. The lowest BCUT2D eigenvalue weighted by Crippen LogP contribution is -2.40. The molecule has 1 N–H and O–H groups in total. The number of nitrogens with zero attached hydrogens (tertiary/aromatic N) is 1. The molecule has 26 heavy (non-hydrogen) atoms. The summed E-state index contributed by atoms with van der Waals surface area (Å²) in [7, 11) is -4.14. The van der Waals surface area contributed by atoms with Gasteiger partial charge < -0.3 is 9.64 Å². The molecule has 0 bridgehead atoms. The second-order valence-corrected chi connectivity index (χ2v) is 9.99. The smallest absolute Gasteiger partial charge is 0.338 e. The number of carbonyl (C=O) groups is 2. The van der Waals surface area contributed by atoms with Crippen LogP contribution in [0.4, 0.5) is 0 Å². The number of sulfonamides is 1. The molecule has 1 aliphatic heterocycles. The molecular weight excluding hydrogens is 384 g/mol. The zero-order valence-corrected chi connectivity index (χ0v) is 16.0. The maximum Gasteiger partial charge on any atom is 0.338 e. The molecule has 9 nitrogen and oxygen atoms in total. The number of carbonyl (C=O) groups excluding carboxylic acids is 2. The maximum absolute atomic E-state index is 12.1. The van der Waals surface area contributed by atoms with Gasteiger partial charge in [0.25, 0.3) is 5.91 Å². The third kappa shape index (κ3) is 4.80. The molecule has 11 heteroatoms. The van der Waals surface area contributed by atoms with Gasteiger partial charge in [-0.05, 0) is 31.7 Å². The van der Waals surface area contributed by atoms with Crippen LogP contribution >= 0.6 is 0 Å². The number of rotatable bonds is 6. The lowest BCUT2D eigenvalue weighted by molar-refractivity contribution is -0.134. The summed E-state index contributed by atoms with van der Waals surface area (Å²) >= 11 is 0. The van der Waals surface area contributed by atoms with Gasteiger partial charge in [-0.2, -0.15) is 0 Å². The zero-order chi connectivity index (χ0) is 19.5. The lowest BCUT2D eigenvalue weighted by Gasteiger charge is -2.23. The molecular formula is C15H20N2O7S2. The molecule has 2 rings (SSSR count). The summed E-state index contributed by atoms with van der Waals surface area (Å²) in [5.41, 5.74) is -0.0137. The van der Waals surface area contributed by atoms with Crippen LogP contribution in [0.15, 0.2) is 29.2 Å². The fourth-order valence-electron chi connectivity index (χ4n) is 2.50. The largest absolute Gasteiger partial charge is 0.452 e. The highest BCUT2D eigenvalue weighted by molar-refractivity contribution is 7.91. The summed E-state index contributed by atoms with van der Waals surface area (Å²) in [6.45, 7) is -0.561. The van der Waals surface area contributed by atoms with Crippen molar-refractivity contribution in [2.24, 2.45) is 0 Å². The SMILES string of the molecule is CNS(=O)(=O)c1cccc(C(=O)OCC(=O)N(C)C2CCS(=O)(=O)C2)c1. The van der Waals surface area contributed by atoms with E-state index in [0.717, 1.165) is 6.07 Å². The van der Waals surface area contributed by atoms with Crippen molar-refractivity contribution in [3.63, 3.8) is 0 Å². The van der Waals surface area contributed by atoms with E-state index >= 15 is 0 Å². The van der Waals surface area contributed by atoms with Gasteiger partial charge in [0.05, 0.1) is 22.0 Å². The standard InChI is InChI=1S/C15H20N2O7S2/c1-16-26(22,23)13-5-3-4-11(8-13)15(19)24-9-14(18)17(2)12-6-7-25(20,21)10-12/h3-5,8,12,16H,6-7,9-10H2,1-2H3. The van der Waals surface area contributed by atoms with E-state index in [0.29, 0.717) is 6.42 Å². The quantitative estimate of drug-likeness (QED) is 0.627. The average molecular weight is 404 g/mol. The molecule has 1 unspecified atom stereocenters. The van der Waals surface area contributed by atoms with Crippen molar-refractivity contribution in [3.05, 3.63) is 29.8 Å². The minimum atomic E-state index is -3.71. The Morgan fingerprint density at radius 1 is 1.35 bits per heavy atom. The van der Waals surface area contributed by atoms with E-state index in [4.69, 9.17) is 4.74 Å². The van der Waals surface area contributed by atoms with E-state index in [1.54, 1.807) is 0 Å². The second-order valence-electron chi connectivity index (χ2n) is 5.87. The fourth-order valence-corrected chi connectivity index (χ4v) is 5.05. The van der Waals surface area contributed by atoms with Crippen LogP contribution in [0.5, 0.6) is 0 Å². The summed E-state index contributed by atoms with van der Waals surface area (Å²) in [5, 5.41) is 0. The third-order valence-electron chi connectivity index (χ3n) is 4.13. The summed E-state index contributed by atoms with van der Waals surface area (Å²) in [6, 6.07) is 4.79. The van der Waals surface area contributed by atoms with Gasteiger partial charge in [-0.15, -0.1) is 0 Å². The van der Waals surface area contributed by atoms with E-state index in [1.807, 2.05) is 0 Å². The molecule has 144 valence electrons. The van der Waals surface area contributed by atoms with E-state index < -0.39 is 44.4 Å². The molecule has 1 saturated heterocycles. The first-order valence-corrected chi connectivity index (χ1v) is 11.0. The first-order valence-electron chi connectivity index (χ1n) is 7.72. The Hall–Kier alpha value is -1.98. The van der Waals surface area contributed by atoms with Crippen molar-refractivity contribution in [2.75, 3.05) is 32.2 Å².